The Kier molecular flexibility index (Phi) is 9.29. The second-order valence-electron chi connectivity index (χ2n) is 10.8. The molecule has 1 aromatic rings. The molecule has 2 heterocycles. The molecule has 5 rings (SSSR count). The average molecular weight is 559 g/mol. The zero-order valence-corrected chi connectivity index (χ0v) is 23.8. The Morgan fingerprint density at radius 3 is 2.89 bits per heavy atom. The fourth-order valence-electron chi connectivity index (χ4n) is 6.02. The van der Waals surface area contributed by atoms with E-state index in [-0.39, 0.29) is 12.0 Å². The van der Waals surface area contributed by atoms with E-state index in [2.05, 4.69) is 33.5 Å². The van der Waals surface area contributed by atoms with Gasteiger partial charge in [-0.15, -0.1) is 0 Å². The number of hydrogen-bond donors (Lipinski definition) is 1. The molecular weight excluding hydrogens is 520 g/mol. The van der Waals surface area contributed by atoms with Gasteiger partial charge in [-0.05, 0) is 98.6 Å². The fourth-order valence-corrected chi connectivity index (χ4v) is 7.14. The van der Waals surface area contributed by atoms with E-state index in [9.17, 15) is 9.00 Å². The van der Waals surface area contributed by atoms with E-state index >= 15 is 0 Å². The summed E-state index contributed by atoms with van der Waals surface area (Å²) in [5, 5.41) is 0.760. The molecule has 0 saturated heterocycles. The number of amides is 1. The van der Waals surface area contributed by atoms with Crippen molar-refractivity contribution in [3.8, 4) is 0 Å². The van der Waals surface area contributed by atoms with E-state index in [0.29, 0.717) is 37.2 Å². The van der Waals surface area contributed by atoms with E-state index in [1.54, 1.807) is 7.11 Å². The standard InChI is InChI=1S/C30H39ClN2O4S/c1-36-28-8-3-2-6-16-38(35)32-30(34)22-11-14-29-27(18-22)33(20-24-10-13-26(24)28)19-23-9-12-25(31)17-21(23)7-4-5-15-37-29/h3,8-9,12,14,17-18,22,24,26,28,38H,2,4-7,10-11,13,15-16,19-20H2,1H3/b8-3+/t22?,24-,26+,28-/m0/s1. The highest BCUT2D eigenvalue weighted by molar-refractivity contribution is 7.75. The van der Waals surface area contributed by atoms with Crippen LogP contribution in [-0.2, 0) is 37.8 Å². The highest BCUT2D eigenvalue weighted by atomic mass is 35.5. The van der Waals surface area contributed by atoms with Crippen LogP contribution in [0.15, 0.2) is 58.3 Å². The quantitative estimate of drug-likeness (QED) is 0.345. The van der Waals surface area contributed by atoms with Gasteiger partial charge in [0.2, 0.25) is 0 Å². The molecule has 0 radical (unpaired) electrons. The Hall–Kier alpha value is -2.09. The predicted molar refractivity (Wildman–Crippen MR) is 152 cm³/mol. The molecule has 38 heavy (non-hydrogen) atoms. The summed E-state index contributed by atoms with van der Waals surface area (Å²) in [6.45, 7) is 2.19. The van der Waals surface area contributed by atoms with E-state index in [4.69, 9.17) is 21.1 Å². The summed E-state index contributed by atoms with van der Waals surface area (Å²) >= 11 is 6.40. The van der Waals surface area contributed by atoms with Gasteiger partial charge in [0.1, 0.15) is 5.76 Å². The number of benzene rings is 1. The normalized spacial score (nSPS) is 32.0. The number of methoxy groups -OCH3 is 1. The van der Waals surface area contributed by atoms with Gasteiger partial charge in [0.25, 0.3) is 5.91 Å². The van der Waals surface area contributed by atoms with Gasteiger partial charge >= 0.3 is 0 Å². The molecule has 2 bridgehead atoms. The van der Waals surface area contributed by atoms with Gasteiger partial charge in [0, 0.05) is 41.6 Å². The summed E-state index contributed by atoms with van der Waals surface area (Å²) in [7, 11) is -0.119. The Morgan fingerprint density at radius 2 is 2.08 bits per heavy atom. The SMILES string of the molecule is CO[C@H]1/C=C/CCC/[SH](=O)=N\C(=O)C2C=C3C(=CC2)OCCCCc2cc(Cl)ccc2CN3C[C@@H]2CC[C@H]21. The molecule has 0 N–H and O–H groups in total. The third kappa shape index (κ3) is 6.54. The number of thiol groups is 1. The molecule has 8 heteroatoms. The smallest absolute Gasteiger partial charge is 0.260 e. The monoisotopic (exact) mass is 558 g/mol. The molecule has 1 aromatic carbocycles. The molecule has 1 saturated carbocycles. The van der Waals surface area contributed by atoms with Crippen LogP contribution < -0.4 is 0 Å². The van der Waals surface area contributed by atoms with Crippen molar-refractivity contribution in [3.05, 3.63) is 70.1 Å². The summed E-state index contributed by atoms with van der Waals surface area (Å²) in [4.78, 5) is 15.5. The maximum atomic E-state index is 13.1. The van der Waals surface area contributed by atoms with Gasteiger partial charge in [0.05, 0.1) is 24.3 Å². The van der Waals surface area contributed by atoms with E-state index in [1.807, 2.05) is 18.2 Å². The number of nitrogens with zero attached hydrogens (tertiary/aromatic N) is 2. The third-order valence-corrected chi connectivity index (χ3v) is 9.69. The molecule has 1 fully saturated rings. The number of rotatable bonds is 1. The van der Waals surface area contributed by atoms with Crippen LogP contribution in [-0.4, -0.2) is 47.1 Å². The molecule has 2 aliphatic carbocycles. The van der Waals surface area contributed by atoms with Crippen molar-refractivity contribution in [3.63, 3.8) is 0 Å². The van der Waals surface area contributed by atoms with Gasteiger partial charge in [-0.2, -0.15) is 4.36 Å². The van der Waals surface area contributed by atoms with Crippen LogP contribution in [0, 0.1) is 17.8 Å². The Bertz CT molecular complexity index is 1200. The second kappa shape index (κ2) is 12.8. The fraction of sp³-hybridized carbons (Fsp3) is 0.567. The van der Waals surface area contributed by atoms with Gasteiger partial charge in [-0.1, -0.05) is 29.8 Å². The van der Waals surface area contributed by atoms with Crippen molar-refractivity contribution >= 4 is 28.1 Å². The van der Waals surface area contributed by atoms with Gasteiger partial charge in [-0.3, -0.25) is 9.00 Å². The van der Waals surface area contributed by atoms with Crippen molar-refractivity contribution in [2.45, 2.75) is 64.0 Å². The van der Waals surface area contributed by atoms with Crippen LogP contribution in [0.25, 0.3) is 0 Å². The lowest BCUT2D eigenvalue weighted by Crippen LogP contribution is -2.43. The molecule has 5 atom stereocenters. The minimum absolute atomic E-state index is 0.0658. The first kappa shape index (κ1) is 27.5. The van der Waals surface area contributed by atoms with Crippen molar-refractivity contribution in [1.29, 1.82) is 0 Å². The molecule has 2 unspecified atom stereocenters. The summed E-state index contributed by atoms with van der Waals surface area (Å²) in [6, 6.07) is 6.21. The van der Waals surface area contributed by atoms with Gasteiger partial charge in [0.15, 0.2) is 0 Å². The van der Waals surface area contributed by atoms with Gasteiger partial charge in [-0.25, -0.2) is 0 Å². The van der Waals surface area contributed by atoms with E-state index in [1.165, 1.54) is 11.1 Å². The first-order valence-corrected chi connectivity index (χ1v) is 15.8. The molecule has 0 spiro atoms. The van der Waals surface area contributed by atoms with Crippen LogP contribution in [0.5, 0.6) is 0 Å². The van der Waals surface area contributed by atoms with E-state index < -0.39 is 16.5 Å². The molecule has 1 amide bonds. The summed E-state index contributed by atoms with van der Waals surface area (Å²) in [5.41, 5.74) is 3.48. The molecule has 206 valence electrons. The number of hydrogen-bond acceptors (Lipinski definition) is 5. The first-order valence-electron chi connectivity index (χ1n) is 14.0. The molecular formula is C30H39ClN2O4S. The number of allylic oxidation sites excluding steroid dienone is 2. The average Bonchev–Trinajstić information content (AvgIpc) is 2.92. The van der Waals surface area contributed by atoms with Crippen molar-refractivity contribution in [2.24, 2.45) is 22.1 Å². The Balaban J connectivity index is 1.56. The number of carbonyl (C=O) groups is 1. The highest BCUT2D eigenvalue weighted by Crippen LogP contribution is 2.41. The summed E-state index contributed by atoms with van der Waals surface area (Å²) in [5.74, 6) is 1.46. The maximum Gasteiger partial charge on any atom is 0.260 e. The lowest BCUT2D eigenvalue weighted by molar-refractivity contribution is -0.120. The van der Waals surface area contributed by atoms with Crippen LogP contribution >= 0.6 is 11.6 Å². The number of ether oxygens (including phenoxy) is 2. The van der Waals surface area contributed by atoms with Crippen molar-refractivity contribution in [1.82, 2.24) is 4.90 Å². The van der Waals surface area contributed by atoms with Crippen molar-refractivity contribution < 1.29 is 18.5 Å². The summed E-state index contributed by atoms with van der Waals surface area (Å²) < 4.78 is 28.9. The zero-order chi connectivity index (χ0) is 26.5. The van der Waals surface area contributed by atoms with Crippen molar-refractivity contribution in [2.75, 3.05) is 26.0 Å². The largest absolute Gasteiger partial charge is 0.492 e. The highest BCUT2D eigenvalue weighted by Gasteiger charge is 2.38. The minimum Gasteiger partial charge on any atom is -0.492 e. The van der Waals surface area contributed by atoms with Crippen LogP contribution in [0.4, 0.5) is 0 Å². The molecule has 2 aliphatic heterocycles. The zero-order valence-electron chi connectivity index (χ0n) is 22.2. The van der Waals surface area contributed by atoms with Crippen LogP contribution in [0.2, 0.25) is 5.02 Å². The van der Waals surface area contributed by atoms with Gasteiger partial charge < -0.3 is 14.4 Å². The van der Waals surface area contributed by atoms with Crippen LogP contribution in [0.1, 0.15) is 56.1 Å². The van der Waals surface area contributed by atoms with E-state index in [0.717, 1.165) is 68.0 Å². The lowest BCUT2D eigenvalue weighted by Gasteiger charge is -2.44. The first-order chi connectivity index (χ1) is 18.5. The minimum atomic E-state index is -1.91. The number of halogens is 1. The number of aryl methyl sites for hydroxylation is 1. The third-order valence-electron chi connectivity index (χ3n) is 8.34. The topological polar surface area (TPSA) is 68.2 Å². The lowest BCUT2D eigenvalue weighted by atomic mass is 9.70. The molecule has 4 aliphatic rings. The molecule has 0 aromatic heterocycles. The summed E-state index contributed by atoms with van der Waals surface area (Å²) in [6.07, 6.45) is 15.7. The molecule has 6 nitrogen and oxygen atoms in total. The van der Waals surface area contributed by atoms with Crippen LogP contribution in [0.3, 0.4) is 0 Å². The predicted octanol–water partition coefficient (Wildman–Crippen LogP) is 5.87. The Labute approximate surface area is 233 Å². The second-order valence-corrected chi connectivity index (χ2v) is 12.6. The maximum absolute atomic E-state index is 13.1. The number of fused-ring (bicyclic) bond motifs is 3. The number of carbonyl (C=O) groups excluding carboxylic acids is 1. The Morgan fingerprint density at radius 1 is 1.18 bits per heavy atom.